The molecule has 0 N–H and O–H groups in total. The van der Waals surface area contributed by atoms with E-state index in [0.29, 0.717) is 5.89 Å². The second-order valence-corrected chi connectivity index (χ2v) is 2.43. The fraction of sp³-hybridized carbons (Fsp3) is 0.125. The minimum absolute atomic E-state index is 0.502. The fourth-order valence-electron chi connectivity index (χ4n) is 0.895. The van der Waals surface area contributed by atoms with Crippen molar-refractivity contribution in [3.8, 4) is 11.5 Å². The van der Waals surface area contributed by atoms with Crippen LogP contribution < -0.4 is 0 Å². The molecule has 0 atom stereocenters. The zero-order chi connectivity index (χ0) is 8.39. The van der Waals surface area contributed by atoms with Gasteiger partial charge in [-0.05, 0) is 19.1 Å². The van der Waals surface area contributed by atoms with Crippen LogP contribution in [0.15, 0.2) is 29.2 Å². The lowest BCUT2D eigenvalue weighted by molar-refractivity contribution is 0.430. The SMILES string of the molecule is Cc1ccc(-c2ncno2)cn1. The molecule has 2 heterocycles. The second-order valence-electron chi connectivity index (χ2n) is 2.43. The summed E-state index contributed by atoms with van der Waals surface area (Å²) < 4.78 is 4.86. The van der Waals surface area contributed by atoms with Crippen molar-refractivity contribution in [2.45, 2.75) is 6.92 Å². The number of hydrogen-bond donors (Lipinski definition) is 0. The number of rotatable bonds is 1. The lowest BCUT2D eigenvalue weighted by Gasteiger charge is -1.92. The molecular formula is C8H7N3O. The molecule has 2 rings (SSSR count). The van der Waals surface area contributed by atoms with Gasteiger partial charge >= 0.3 is 0 Å². The van der Waals surface area contributed by atoms with Crippen molar-refractivity contribution in [2.75, 3.05) is 0 Å². The van der Waals surface area contributed by atoms with E-state index < -0.39 is 0 Å². The summed E-state index contributed by atoms with van der Waals surface area (Å²) in [5, 5.41) is 3.51. The van der Waals surface area contributed by atoms with Crippen molar-refractivity contribution >= 4 is 0 Å². The van der Waals surface area contributed by atoms with E-state index in [1.165, 1.54) is 6.33 Å². The summed E-state index contributed by atoms with van der Waals surface area (Å²) in [7, 11) is 0. The minimum atomic E-state index is 0.502. The number of aryl methyl sites for hydroxylation is 1. The Morgan fingerprint density at radius 3 is 2.75 bits per heavy atom. The fourth-order valence-corrected chi connectivity index (χ4v) is 0.895. The Morgan fingerprint density at radius 1 is 1.25 bits per heavy atom. The van der Waals surface area contributed by atoms with Crippen LogP contribution in [0.3, 0.4) is 0 Å². The molecule has 0 fully saturated rings. The summed E-state index contributed by atoms with van der Waals surface area (Å²) in [6.45, 7) is 1.93. The Labute approximate surface area is 69.3 Å². The third kappa shape index (κ3) is 1.18. The van der Waals surface area contributed by atoms with Gasteiger partial charge in [0.05, 0.1) is 5.56 Å². The van der Waals surface area contributed by atoms with Gasteiger partial charge in [0.15, 0.2) is 6.33 Å². The van der Waals surface area contributed by atoms with Gasteiger partial charge in [0, 0.05) is 11.9 Å². The molecular weight excluding hydrogens is 154 g/mol. The first-order valence-corrected chi connectivity index (χ1v) is 3.56. The van der Waals surface area contributed by atoms with E-state index in [9.17, 15) is 0 Å². The van der Waals surface area contributed by atoms with Gasteiger partial charge in [0.2, 0.25) is 0 Å². The van der Waals surface area contributed by atoms with E-state index >= 15 is 0 Å². The monoisotopic (exact) mass is 161 g/mol. The zero-order valence-electron chi connectivity index (χ0n) is 6.56. The first-order chi connectivity index (χ1) is 5.86. The van der Waals surface area contributed by atoms with Gasteiger partial charge in [-0.3, -0.25) is 4.98 Å². The predicted octanol–water partition coefficient (Wildman–Crippen LogP) is 1.44. The molecule has 0 amide bonds. The van der Waals surface area contributed by atoms with Gasteiger partial charge in [0.25, 0.3) is 5.89 Å². The molecule has 0 spiro atoms. The van der Waals surface area contributed by atoms with Crippen molar-refractivity contribution in [3.63, 3.8) is 0 Å². The van der Waals surface area contributed by atoms with Crippen molar-refractivity contribution < 1.29 is 4.52 Å². The maximum absolute atomic E-state index is 4.86. The summed E-state index contributed by atoms with van der Waals surface area (Å²) in [6.07, 6.45) is 3.08. The summed E-state index contributed by atoms with van der Waals surface area (Å²) in [6, 6.07) is 3.80. The van der Waals surface area contributed by atoms with Crippen LogP contribution in [0.4, 0.5) is 0 Å². The van der Waals surface area contributed by atoms with Crippen molar-refractivity contribution in [1.82, 2.24) is 15.1 Å². The van der Waals surface area contributed by atoms with E-state index in [1.54, 1.807) is 6.20 Å². The molecule has 0 aliphatic rings. The van der Waals surface area contributed by atoms with Gasteiger partial charge in [-0.1, -0.05) is 5.16 Å². The average Bonchev–Trinajstić information content (AvgIpc) is 2.58. The normalized spacial score (nSPS) is 10.1. The van der Waals surface area contributed by atoms with Gasteiger partial charge in [0.1, 0.15) is 0 Å². The van der Waals surface area contributed by atoms with E-state index in [0.717, 1.165) is 11.3 Å². The van der Waals surface area contributed by atoms with Crippen LogP contribution in [0.25, 0.3) is 11.5 Å². The zero-order valence-corrected chi connectivity index (χ0v) is 6.56. The maximum Gasteiger partial charge on any atom is 0.259 e. The Hall–Kier alpha value is -1.71. The highest BCUT2D eigenvalue weighted by Crippen LogP contribution is 2.13. The number of pyridine rings is 1. The van der Waals surface area contributed by atoms with Crippen molar-refractivity contribution in [1.29, 1.82) is 0 Å². The molecule has 0 bridgehead atoms. The van der Waals surface area contributed by atoms with Crippen LogP contribution in [0.2, 0.25) is 0 Å². The first-order valence-electron chi connectivity index (χ1n) is 3.56. The molecule has 12 heavy (non-hydrogen) atoms. The van der Waals surface area contributed by atoms with E-state index in [2.05, 4.69) is 15.1 Å². The maximum atomic E-state index is 4.86. The third-order valence-electron chi connectivity index (χ3n) is 1.52. The molecule has 0 aliphatic heterocycles. The van der Waals surface area contributed by atoms with Crippen molar-refractivity contribution in [2.24, 2.45) is 0 Å². The van der Waals surface area contributed by atoms with E-state index in [4.69, 9.17) is 4.52 Å². The molecule has 4 heteroatoms. The summed E-state index contributed by atoms with van der Waals surface area (Å²) >= 11 is 0. The lowest BCUT2D eigenvalue weighted by Crippen LogP contribution is -1.81. The molecule has 0 aromatic carbocycles. The molecule has 60 valence electrons. The largest absolute Gasteiger partial charge is 0.334 e. The first kappa shape index (κ1) is 6.97. The van der Waals surface area contributed by atoms with Crippen LogP contribution in [0.1, 0.15) is 5.69 Å². The van der Waals surface area contributed by atoms with Crippen LogP contribution in [-0.2, 0) is 0 Å². The van der Waals surface area contributed by atoms with Crippen molar-refractivity contribution in [3.05, 3.63) is 30.4 Å². The topological polar surface area (TPSA) is 51.8 Å². The molecule has 0 saturated heterocycles. The number of aromatic nitrogens is 3. The van der Waals surface area contributed by atoms with E-state index in [-0.39, 0.29) is 0 Å². The number of nitrogens with zero attached hydrogens (tertiary/aromatic N) is 3. The Balaban J connectivity index is 2.43. The Kier molecular flexibility index (Phi) is 1.59. The third-order valence-corrected chi connectivity index (χ3v) is 1.52. The standard InChI is InChI=1S/C8H7N3O/c1-6-2-3-7(4-9-6)8-10-5-11-12-8/h2-5H,1H3. The predicted molar refractivity (Wildman–Crippen MR) is 42.3 cm³/mol. The smallest absolute Gasteiger partial charge is 0.259 e. The number of hydrogen-bond acceptors (Lipinski definition) is 4. The van der Waals surface area contributed by atoms with Gasteiger partial charge in [-0.25, -0.2) is 0 Å². The molecule has 4 nitrogen and oxygen atoms in total. The summed E-state index contributed by atoms with van der Waals surface area (Å²) in [4.78, 5) is 8.01. The van der Waals surface area contributed by atoms with Crippen LogP contribution in [0, 0.1) is 6.92 Å². The molecule has 2 aromatic rings. The highest BCUT2D eigenvalue weighted by Gasteiger charge is 2.01. The van der Waals surface area contributed by atoms with Gasteiger partial charge < -0.3 is 4.52 Å². The molecule has 0 aliphatic carbocycles. The molecule has 2 aromatic heterocycles. The van der Waals surface area contributed by atoms with Crippen LogP contribution in [-0.4, -0.2) is 15.1 Å². The second kappa shape index (κ2) is 2.73. The van der Waals surface area contributed by atoms with Crippen LogP contribution in [0.5, 0.6) is 0 Å². The molecule has 0 radical (unpaired) electrons. The van der Waals surface area contributed by atoms with Crippen LogP contribution >= 0.6 is 0 Å². The molecule has 0 saturated carbocycles. The van der Waals surface area contributed by atoms with Gasteiger partial charge in [-0.2, -0.15) is 4.98 Å². The highest BCUT2D eigenvalue weighted by atomic mass is 16.5. The molecule has 0 unspecified atom stereocenters. The Bertz CT molecular complexity index is 352. The average molecular weight is 161 g/mol. The minimum Gasteiger partial charge on any atom is -0.334 e. The quantitative estimate of drug-likeness (QED) is 0.635. The Morgan fingerprint density at radius 2 is 2.17 bits per heavy atom. The summed E-state index contributed by atoms with van der Waals surface area (Å²) in [5.41, 5.74) is 1.82. The summed E-state index contributed by atoms with van der Waals surface area (Å²) in [5.74, 6) is 0.502. The lowest BCUT2D eigenvalue weighted by atomic mass is 10.2. The highest BCUT2D eigenvalue weighted by molar-refractivity contribution is 5.50. The van der Waals surface area contributed by atoms with E-state index in [1.807, 2.05) is 19.1 Å². The van der Waals surface area contributed by atoms with Gasteiger partial charge in [-0.15, -0.1) is 0 Å².